The van der Waals surface area contributed by atoms with Gasteiger partial charge in [0.15, 0.2) is 6.61 Å². The first-order chi connectivity index (χ1) is 12.9. The summed E-state index contributed by atoms with van der Waals surface area (Å²) in [5, 5.41) is 0.570. The molecule has 2 aromatic rings. The highest BCUT2D eigenvalue weighted by Gasteiger charge is 2.31. The first-order valence-corrected chi connectivity index (χ1v) is 10.1. The van der Waals surface area contributed by atoms with Crippen molar-refractivity contribution in [1.29, 1.82) is 0 Å². The third-order valence-electron chi connectivity index (χ3n) is 4.22. The van der Waals surface area contributed by atoms with Crippen LogP contribution in [0.4, 0.5) is 4.39 Å². The summed E-state index contributed by atoms with van der Waals surface area (Å²) in [5.74, 6) is -0.506. The van der Waals surface area contributed by atoms with Crippen molar-refractivity contribution in [2.24, 2.45) is 0 Å². The first kappa shape index (κ1) is 19.6. The van der Waals surface area contributed by atoms with Crippen LogP contribution in [0.2, 0.25) is 5.02 Å². The van der Waals surface area contributed by atoms with Crippen molar-refractivity contribution in [2.45, 2.75) is 4.90 Å². The van der Waals surface area contributed by atoms with Crippen LogP contribution in [0.5, 0.6) is 5.75 Å². The Kier molecular flexibility index (Phi) is 5.98. The zero-order valence-corrected chi connectivity index (χ0v) is 15.9. The van der Waals surface area contributed by atoms with Gasteiger partial charge >= 0.3 is 0 Å². The van der Waals surface area contributed by atoms with Gasteiger partial charge in [-0.05, 0) is 36.4 Å². The maximum Gasteiger partial charge on any atom is 0.260 e. The van der Waals surface area contributed by atoms with Crippen molar-refractivity contribution in [3.63, 3.8) is 0 Å². The number of halogens is 2. The van der Waals surface area contributed by atoms with E-state index in [-0.39, 0.29) is 43.6 Å². The van der Waals surface area contributed by atoms with E-state index in [4.69, 9.17) is 16.3 Å². The van der Waals surface area contributed by atoms with E-state index < -0.39 is 15.8 Å². The molecule has 9 heteroatoms. The van der Waals surface area contributed by atoms with Gasteiger partial charge in [0.1, 0.15) is 16.5 Å². The Morgan fingerprint density at radius 3 is 2.30 bits per heavy atom. The lowest BCUT2D eigenvalue weighted by molar-refractivity contribution is -0.134. The average molecular weight is 413 g/mol. The highest BCUT2D eigenvalue weighted by atomic mass is 35.5. The molecule has 1 heterocycles. The molecule has 1 aliphatic rings. The van der Waals surface area contributed by atoms with Crippen LogP contribution < -0.4 is 4.74 Å². The van der Waals surface area contributed by atoms with Gasteiger partial charge in [-0.15, -0.1) is 0 Å². The second-order valence-electron chi connectivity index (χ2n) is 5.96. The number of rotatable bonds is 5. The molecule has 2 aromatic carbocycles. The maximum atomic E-state index is 13.8. The molecule has 1 fully saturated rings. The predicted molar refractivity (Wildman–Crippen MR) is 98.7 cm³/mol. The molecule has 1 aliphatic heterocycles. The van der Waals surface area contributed by atoms with Gasteiger partial charge in [0.2, 0.25) is 10.0 Å². The van der Waals surface area contributed by atoms with Crippen molar-refractivity contribution < 1.29 is 22.3 Å². The zero-order valence-electron chi connectivity index (χ0n) is 14.3. The summed E-state index contributed by atoms with van der Waals surface area (Å²) >= 11 is 5.79. The number of hydrogen-bond donors (Lipinski definition) is 0. The van der Waals surface area contributed by atoms with E-state index in [1.165, 1.54) is 27.4 Å². The molecule has 3 rings (SSSR count). The smallest absolute Gasteiger partial charge is 0.260 e. The summed E-state index contributed by atoms with van der Waals surface area (Å²) in [7, 11) is -3.92. The minimum atomic E-state index is -3.92. The van der Waals surface area contributed by atoms with Gasteiger partial charge in [-0.1, -0.05) is 23.7 Å². The summed E-state index contributed by atoms with van der Waals surface area (Å²) in [6.07, 6.45) is 0. The van der Waals surface area contributed by atoms with Crippen LogP contribution in [0.25, 0.3) is 0 Å². The SMILES string of the molecule is O=C(COc1ccc(Cl)cc1)N1CCN(S(=O)(=O)c2ccccc2F)CC1. The number of benzene rings is 2. The molecule has 0 radical (unpaired) electrons. The van der Waals surface area contributed by atoms with Crippen LogP contribution in [-0.2, 0) is 14.8 Å². The molecule has 0 unspecified atom stereocenters. The van der Waals surface area contributed by atoms with E-state index in [0.717, 1.165) is 6.07 Å². The third kappa shape index (κ3) is 4.58. The Morgan fingerprint density at radius 2 is 1.67 bits per heavy atom. The van der Waals surface area contributed by atoms with E-state index in [1.54, 1.807) is 24.3 Å². The molecule has 0 atom stereocenters. The Hall–Kier alpha value is -2.16. The number of nitrogens with zero attached hydrogens (tertiary/aromatic N) is 2. The Labute approximate surface area is 162 Å². The predicted octanol–water partition coefficient (Wildman–Crippen LogP) is 2.39. The van der Waals surface area contributed by atoms with E-state index in [1.807, 2.05) is 0 Å². The third-order valence-corrected chi connectivity index (χ3v) is 6.41. The largest absolute Gasteiger partial charge is 0.484 e. The summed E-state index contributed by atoms with van der Waals surface area (Å²) < 4.78 is 45.6. The van der Waals surface area contributed by atoms with Gasteiger partial charge in [0, 0.05) is 31.2 Å². The minimum Gasteiger partial charge on any atom is -0.484 e. The fraction of sp³-hybridized carbons (Fsp3) is 0.278. The summed E-state index contributed by atoms with van der Waals surface area (Å²) in [4.78, 5) is 13.4. The molecule has 1 amide bonds. The standard InChI is InChI=1S/C18H18ClFN2O4S/c19-14-5-7-15(8-6-14)26-13-18(23)21-9-11-22(12-10-21)27(24,25)17-4-2-1-3-16(17)20/h1-8H,9-13H2. The van der Waals surface area contributed by atoms with Crippen molar-refractivity contribution in [3.05, 3.63) is 59.4 Å². The monoisotopic (exact) mass is 412 g/mol. The second-order valence-corrected chi connectivity index (χ2v) is 8.30. The number of amides is 1. The van der Waals surface area contributed by atoms with Crippen molar-refractivity contribution in [1.82, 2.24) is 9.21 Å². The number of ether oxygens (including phenoxy) is 1. The van der Waals surface area contributed by atoms with E-state index in [9.17, 15) is 17.6 Å². The number of piperazine rings is 1. The fourth-order valence-electron chi connectivity index (χ4n) is 2.74. The quantitative estimate of drug-likeness (QED) is 0.756. The van der Waals surface area contributed by atoms with Gasteiger partial charge in [-0.3, -0.25) is 4.79 Å². The van der Waals surface area contributed by atoms with Gasteiger partial charge in [-0.25, -0.2) is 12.8 Å². The minimum absolute atomic E-state index is 0.101. The summed E-state index contributed by atoms with van der Waals surface area (Å²) in [6.45, 7) is 0.487. The number of sulfonamides is 1. The maximum absolute atomic E-state index is 13.8. The van der Waals surface area contributed by atoms with Crippen molar-refractivity contribution in [3.8, 4) is 5.75 Å². The van der Waals surface area contributed by atoms with Crippen LogP contribution in [-0.4, -0.2) is 56.3 Å². The van der Waals surface area contributed by atoms with Gasteiger partial charge in [0.05, 0.1) is 0 Å². The Balaban J connectivity index is 1.56. The molecular weight excluding hydrogens is 395 g/mol. The topological polar surface area (TPSA) is 66.9 Å². The first-order valence-electron chi connectivity index (χ1n) is 8.29. The van der Waals surface area contributed by atoms with E-state index in [0.29, 0.717) is 10.8 Å². The van der Waals surface area contributed by atoms with Crippen molar-refractivity contribution >= 4 is 27.5 Å². The lowest BCUT2D eigenvalue weighted by atomic mass is 10.3. The lowest BCUT2D eigenvalue weighted by Crippen LogP contribution is -2.51. The van der Waals surface area contributed by atoms with Gasteiger partial charge in [-0.2, -0.15) is 4.31 Å². The Morgan fingerprint density at radius 1 is 1.04 bits per heavy atom. The molecule has 0 bridgehead atoms. The van der Waals surface area contributed by atoms with Crippen LogP contribution >= 0.6 is 11.6 Å². The van der Waals surface area contributed by atoms with E-state index >= 15 is 0 Å². The van der Waals surface area contributed by atoms with E-state index in [2.05, 4.69) is 0 Å². The van der Waals surface area contributed by atoms with Crippen LogP contribution in [0.3, 0.4) is 0 Å². The second kappa shape index (κ2) is 8.24. The molecule has 0 spiro atoms. The molecule has 144 valence electrons. The molecule has 0 aromatic heterocycles. The molecule has 0 N–H and O–H groups in total. The average Bonchev–Trinajstić information content (AvgIpc) is 2.67. The Bertz CT molecular complexity index is 913. The molecule has 1 saturated heterocycles. The number of hydrogen-bond acceptors (Lipinski definition) is 4. The van der Waals surface area contributed by atoms with Gasteiger partial charge < -0.3 is 9.64 Å². The molecule has 0 saturated carbocycles. The zero-order chi connectivity index (χ0) is 19.4. The van der Waals surface area contributed by atoms with Crippen LogP contribution in [0.1, 0.15) is 0 Å². The van der Waals surface area contributed by atoms with Crippen molar-refractivity contribution in [2.75, 3.05) is 32.8 Å². The van der Waals surface area contributed by atoms with Crippen LogP contribution in [0, 0.1) is 5.82 Å². The fourth-order valence-corrected chi connectivity index (χ4v) is 4.35. The number of carbonyl (C=O) groups is 1. The molecule has 27 heavy (non-hydrogen) atoms. The highest BCUT2D eigenvalue weighted by molar-refractivity contribution is 7.89. The highest BCUT2D eigenvalue weighted by Crippen LogP contribution is 2.20. The lowest BCUT2D eigenvalue weighted by Gasteiger charge is -2.34. The molecule has 6 nitrogen and oxygen atoms in total. The summed E-state index contributed by atoms with van der Waals surface area (Å²) in [6, 6.07) is 11.9. The number of carbonyl (C=O) groups excluding carboxylic acids is 1. The van der Waals surface area contributed by atoms with Gasteiger partial charge in [0.25, 0.3) is 5.91 Å². The normalized spacial score (nSPS) is 15.6. The molecule has 0 aliphatic carbocycles. The van der Waals surface area contributed by atoms with Crippen LogP contribution in [0.15, 0.2) is 53.4 Å². The molecular formula is C18H18ClFN2O4S. The summed E-state index contributed by atoms with van der Waals surface area (Å²) in [5.41, 5.74) is 0.